The molecular weight excluding hydrogens is 356 g/mol. The van der Waals surface area contributed by atoms with E-state index in [0.29, 0.717) is 22.5 Å². The van der Waals surface area contributed by atoms with Gasteiger partial charge in [-0.25, -0.2) is 4.79 Å². The predicted molar refractivity (Wildman–Crippen MR) is 105 cm³/mol. The quantitative estimate of drug-likeness (QED) is 0.477. The van der Waals surface area contributed by atoms with Crippen molar-refractivity contribution in [3.63, 3.8) is 0 Å². The highest BCUT2D eigenvalue weighted by atomic mass is 16.6. The normalized spacial score (nSPS) is 14.0. The Hall–Kier alpha value is -3.08. The van der Waals surface area contributed by atoms with Crippen molar-refractivity contribution in [2.45, 2.75) is 39.2 Å². The predicted octanol–water partition coefficient (Wildman–Crippen LogP) is 4.67. The topological polar surface area (TPSA) is 65.7 Å². The number of hydrogen-bond acceptors (Lipinski definition) is 5. The molecule has 2 aromatic carbocycles. The van der Waals surface area contributed by atoms with E-state index in [-0.39, 0.29) is 11.5 Å². The van der Waals surface area contributed by atoms with Gasteiger partial charge in [0.25, 0.3) is 0 Å². The van der Waals surface area contributed by atoms with Crippen molar-refractivity contribution in [3.05, 3.63) is 64.4 Å². The number of carbonyl (C=O) groups excluding carboxylic acids is 2. The summed E-state index contributed by atoms with van der Waals surface area (Å²) in [6.07, 6.45) is 2.28. The second-order valence-electron chi connectivity index (χ2n) is 7.17. The fraction of sp³-hybridized carbons (Fsp3) is 0.304. The summed E-state index contributed by atoms with van der Waals surface area (Å²) < 4.78 is 16.3. The third-order valence-electron chi connectivity index (χ3n) is 5.36. The fourth-order valence-electron chi connectivity index (χ4n) is 3.75. The zero-order chi connectivity index (χ0) is 19.8. The maximum absolute atomic E-state index is 12.7. The van der Waals surface area contributed by atoms with E-state index in [1.54, 1.807) is 33.1 Å². The van der Waals surface area contributed by atoms with Crippen LogP contribution in [0.5, 0.6) is 5.75 Å². The highest BCUT2D eigenvalue weighted by molar-refractivity contribution is 6.02. The van der Waals surface area contributed by atoms with Gasteiger partial charge in [-0.1, -0.05) is 12.1 Å². The van der Waals surface area contributed by atoms with Crippen LogP contribution in [-0.2, 0) is 17.6 Å². The Balaban J connectivity index is 1.53. The van der Waals surface area contributed by atoms with Crippen molar-refractivity contribution in [1.82, 2.24) is 0 Å². The van der Waals surface area contributed by atoms with Crippen LogP contribution in [0.1, 0.15) is 50.9 Å². The van der Waals surface area contributed by atoms with Gasteiger partial charge in [0.15, 0.2) is 6.10 Å². The van der Waals surface area contributed by atoms with Crippen molar-refractivity contribution in [1.29, 1.82) is 0 Å². The Morgan fingerprint density at radius 2 is 1.86 bits per heavy atom. The molecule has 144 valence electrons. The molecule has 5 heteroatoms. The molecule has 0 radical (unpaired) electrons. The van der Waals surface area contributed by atoms with Crippen molar-refractivity contribution in [2.24, 2.45) is 0 Å². The lowest BCUT2D eigenvalue weighted by Gasteiger charge is -2.12. The lowest BCUT2D eigenvalue weighted by atomic mass is 10.0. The van der Waals surface area contributed by atoms with E-state index in [0.717, 1.165) is 24.6 Å². The minimum Gasteiger partial charge on any atom is -0.497 e. The molecule has 1 atom stereocenters. The van der Waals surface area contributed by atoms with Crippen LogP contribution in [0.15, 0.2) is 40.8 Å². The van der Waals surface area contributed by atoms with Crippen LogP contribution in [0.25, 0.3) is 11.0 Å². The molecule has 5 nitrogen and oxygen atoms in total. The average molecular weight is 378 g/mol. The van der Waals surface area contributed by atoms with Gasteiger partial charge in [0.1, 0.15) is 11.3 Å². The fourth-order valence-corrected chi connectivity index (χ4v) is 3.75. The largest absolute Gasteiger partial charge is 0.497 e. The molecule has 0 bridgehead atoms. The zero-order valence-electron chi connectivity index (χ0n) is 16.2. The summed E-state index contributed by atoms with van der Waals surface area (Å²) in [5, 5.41) is 0.781. The first kappa shape index (κ1) is 18.3. The maximum Gasteiger partial charge on any atom is 0.375 e. The Bertz CT molecular complexity index is 1080. The molecule has 0 amide bonds. The highest BCUT2D eigenvalue weighted by Crippen LogP contribution is 2.29. The summed E-state index contributed by atoms with van der Waals surface area (Å²) in [6, 6.07) is 11.1. The van der Waals surface area contributed by atoms with Gasteiger partial charge in [-0.15, -0.1) is 0 Å². The molecule has 0 saturated heterocycles. The standard InChI is InChI=1S/C23H22O5/c1-13-19-12-18(26-3)9-10-20(19)28-22(13)23(25)27-14(2)21(24)17-8-7-15-5-4-6-16(15)11-17/h7-12,14H,4-6H2,1-3H3/t14-/m1/s1. The van der Waals surface area contributed by atoms with Crippen molar-refractivity contribution in [2.75, 3.05) is 7.11 Å². The van der Waals surface area contributed by atoms with Crippen LogP contribution in [0, 0.1) is 6.92 Å². The molecule has 1 aliphatic carbocycles. The number of hydrogen-bond donors (Lipinski definition) is 0. The Morgan fingerprint density at radius 1 is 1.07 bits per heavy atom. The number of rotatable bonds is 5. The molecule has 0 unspecified atom stereocenters. The summed E-state index contributed by atoms with van der Waals surface area (Å²) in [5.41, 5.74) is 4.33. The van der Waals surface area contributed by atoms with Gasteiger partial charge >= 0.3 is 5.97 Å². The van der Waals surface area contributed by atoms with Gasteiger partial charge in [0.05, 0.1) is 7.11 Å². The molecule has 4 rings (SSSR count). The first-order valence-corrected chi connectivity index (χ1v) is 9.42. The Morgan fingerprint density at radius 3 is 2.64 bits per heavy atom. The summed E-state index contributed by atoms with van der Waals surface area (Å²) in [7, 11) is 1.58. The summed E-state index contributed by atoms with van der Waals surface area (Å²) in [6.45, 7) is 3.38. The smallest absolute Gasteiger partial charge is 0.375 e. The molecule has 0 N–H and O–H groups in total. The second-order valence-corrected chi connectivity index (χ2v) is 7.17. The van der Waals surface area contributed by atoms with Gasteiger partial charge in [0, 0.05) is 16.5 Å². The first-order chi connectivity index (χ1) is 13.5. The minimum atomic E-state index is -0.894. The van der Waals surface area contributed by atoms with Crippen LogP contribution in [0.3, 0.4) is 0 Å². The Labute approximate surface area is 163 Å². The number of aryl methyl sites for hydroxylation is 3. The van der Waals surface area contributed by atoms with E-state index >= 15 is 0 Å². The van der Waals surface area contributed by atoms with Crippen LogP contribution in [0.4, 0.5) is 0 Å². The van der Waals surface area contributed by atoms with E-state index in [1.165, 1.54) is 11.1 Å². The minimum absolute atomic E-state index is 0.108. The number of carbonyl (C=O) groups is 2. The van der Waals surface area contributed by atoms with Crippen LogP contribution >= 0.6 is 0 Å². The number of benzene rings is 2. The molecular formula is C23H22O5. The Kier molecular flexibility index (Phi) is 4.67. The first-order valence-electron chi connectivity index (χ1n) is 9.42. The van der Waals surface area contributed by atoms with Gasteiger partial charge in [-0.3, -0.25) is 4.79 Å². The average Bonchev–Trinajstić information content (AvgIpc) is 3.30. The SMILES string of the molecule is COc1ccc2oc(C(=O)O[C@H](C)C(=O)c3ccc4c(c3)CCC4)c(C)c2c1. The number of Topliss-reactive ketones (excluding diaryl/α,β-unsaturated/α-hetero) is 1. The number of ether oxygens (including phenoxy) is 2. The van der Waals surface area contributed by atoms with Gasteiger partial charge in [-0.2, -0.15) is 0 Å². The number of ketones is 1. The van der Waals surface area contributed by atoms with Crippen molar-refractivity contribution < 1.29 is 23.5 Å². The molecule has 0 spiro atoms. The number of methoxy groups -OCH3 is 1. The van der Waals surface area contributed by atoms with E-state index in [9.17, 15) is 9.59 Å². The zero-order valence-corrected chi connectivity index (χ0v) is 16.2. The summed E-state index contributed by atoms with van der Waals surface area (Å²) in [4.78, 5) is 25.4. The number of furan rings is 1. The van der Waals surface area contributed by atoms with Gasteiger partial charge < -0.3 is 13.9 Å². The molecule has 0 aliphatic heterocycles. The van der Waals surface area contributed by atoms with Crippen molar-refractivity contribution >= 4 is 22.7 Å². The molecule has 1 aromatic heterocycles. The maximum atomic E-state index is 12.7. The monoisotopic (exact) mass is 378 g/mol. The summed E-state index contributed by atoms with van der Waals surface area (Å²) >= 11 is 0. The highest BCUT2D eigenvalue weighted by Gasteiger charge is 2.26. The number of esters is 1. The van der Waals surface area contributed by atoms with E-state index in [1.807, 2.05) is 24.3 Å². The lowest BCUT2D eigenvalue weighted by Crippen LogP contribution is -2.24. The molecule has 28 heavy (non-hydrogen) atoms. The summed E-state index contributed by atoms with van der Waals surface area (Å²) in [5.74, 6) is -0.0681. The van der Waals surface area contributed by atoms with Crippen LogP contribution in [-0.4, -0.2) is 25.0 Å². The lowest BCUT2D eigenvalue weighted by molar-refractivity contribution is 0.0290. The van der Waals surface area contributed by atoms with E-state index in [2.05, 4.69) is 0 Å². The molecule has 1 heterocycles. The molecule has 0 fully saturated rings. The second kappa shape index (κ2) is 7.15. The van der Waals surface area contributed by atoms with Crippen molar-refractivity contribution in [3.8, 4) is 5.75 Å². The van der Waals surface area contributed by atoms with Gasteiger partial charge in [-0.05, 0) is 68.5 Å². The van der Waals surface area contributed by atoms with Gasteiger partial charge in [0.2, 0.25) is 11.5 Å². The third-order valence-corrected chi connectivity index (χ3v) is 5.36. The van der Waals surface area contributed by atoms with Crippen LogP contribution in [0.2, 0.25) is 0 Å². The third kappa shape index (κ3) is 3.17. The number of fused-ring (bicyclic) bond motifs is 2. The van der Waals surface area contributed by atoms with Crippen LogP contribution < -0.4 is 4.74 Å². The van der Waals surface area contributed by atoms with E-state index in [4.69, 9.17) is 13.9 Å². The molecule has 3 aromatic rings. The molecule has 1 aliphatic rings. The molecule has 0 saturated carbocycles. The van der Waals surface area contributed by atoms with E-state index < -0.39 is 12.1 Å².